The lowest BCUT2D eigenvalue weighted by Crippen LogP contribution is -2.39. The molecule has 3 fully saturated rings. The van der Waals surface area contributed by atoms with Crippen molar-refractivity contribution in [3.63, 3.8) is 0 Å². The third kappa shape index (κ3) is 4.50. The second-order valence-corrected chi connectivity index (χ2v) is 7.45. The highest BCUT2D eigenvalue weighted by molar-refractivity contribution is 5.93. The van der Waals surface area contributed by atoms with Gasteiger partial charge in [-0.1, -0.05) is 0 Å². The van der Waals surface area contributed by atoms with Crippen LogP contribution in [0.15, 0.2) is 18.3 Å². The summed E-state index contributed by atoms with van der Waals surface area (Å²) in [4.78, 5) is 21.4. The van der Waals surface area contributed by atoms with Crippen LogP contribution in [0.2, 0.25) is 0 Å². The van der Waals surface area contributed by atoms with Crippen molar-refractivity contribution in [3.8, 4) is 0 Å². The number of pyridine rings is 1. The standard InChI is InChI=1S/C19H28N4O2/c24-19(21-15-4-5-15)18-12-16(6-7-20-18)23-10-3-11-25-17(14-23)13-22-8-1-2-9-22/h6-7,12,15,17H,1-5,8-11,13-14H2,(H,21,24)/t17-/m0/s1. The molecule has 6 heteroatoms. The van der Waals surface area contributed by atoms with Gasteiger partial charge in [0.25, 0.3) is 5.91 Å². The van der Waals surface area contributed by atoms with E-state index in [0.29, 0.717) is 11.7 Å². The van der Waals surface area contributed by atoms with E-state index in [9.17, 15) is 4.79 Å². The van der Waals surface area contributed by atoms with E-state index < -0.39 is 0 Å². The van der Waals surface area contributed by atoms with Crippen LogP contribution in [0.1, 0.15) is 42.6 Å². The monoisotopic (exact) mass is 344 g/mol. The molecule has 0 bridgehead atoms. The van der Waals surface area contributed by atoms with E-state index in [0.717, 1.165) is 51.2 Å². The predicted octanol–water partition coefficient (Wildman–Crippen LogP) is 1.66. The van der Waals surface area contributed by atoms with Gasteiger partial charge in [0.15, 0.2) is 0 Å². The van der Waals surface area contributed by atoms with Crippen molar-refractivity contribution in [2.45, 2.75) is 44.2 Å². The maximum Gasteiger partial charge on any atom is 0.270 e. The van der Waals surface area contributed by atoms with Crippen LogP contribution in [-0.4, -0.2) is 67.3 Å². The van der Waals surface area contributed by atoms with Crippen molar-refractivity contribution in [1.82, 2.24) is 15.2 Å². The Kier molecular flexibility index (Phi) is 5.17. The molecule has 1 aromatic heterocycles. The Balaban J connectivity index is 1.42. The summed E-state index contributed by atoms with van der Waals surface area (Å²) >= 11 is 0. The Bertz CT molecular complexity index is 599. The Morgan fingerprint density at radius 1 is 1.24 bits per heavy atom. The van der Waals surface area contributed by atoms with Gasteiger partial charge in [0, 0.05) is 44.2 Å². The fourth-order valence-corrected chi connectivity index (χ4v) is 3.72. The number of likely N-dealkylation sites (tertiary alicyclic amines) is 1. The molecule has 1 aromatic rings. The highest BCUT2D eigenvalue weighted by Crippen LogP contribution is 2.22. The lowest BCUT2D eigenvalue weighted by molar-refractivity contribution is 0.0451. The zero-order valence-corrected chi connectivity index (χ0v) is 14.8. The lowest BCUT2D eigenvalue weighted by Gasteiger charge is -2.28. The molecular formula is C19H28N4O2. The van der Waals surface area contributed by atoms with E-state index in [1.165, 1.54) is 25.9 Å². The summed E-state index contributed by atoms with van der Waals surface area (Å²) < 4.78 is 6.08. The molecule has 2 aliphatic heterocycles. The van der Waals surface area contributed by atoms with Crippen molar-refractivity contribution in [2.75, 3.05) is 44.2 Å². The van der Waals surface area contributed by atoms with Gasteiger partial charge in [0.1, 0.15) is 5.69 Å². The van der Waals surface area contributed by atoms with E-state index in [-0.39, 0.29) is 12.0 Å². The quantitative estimate of drug-likeness (QED) is 0.880. The van der Waals surface area contributed by atoms with E-state index in [2.05, 4.69) is 20.1 Å². The lowest BCUT2D eigenvalue weighted by atomic mass is 10.2. The molecule has 3 heterocycles. The summed E-state index contributed by atoms with van der Waals surface area (Å²) in [7, 11) is 0. The highest BCUT2D eigenvalue weighted by Gasteiger charge is 2.26. The van der Waals surface area contributed by atoms with Crippen LogP contribution < -0.4 is 10.2 Å². The van der Waals surface area contributed by atoms with Gasteiger partial charge in [-0.25, -0.2) is 0 Å². The summed E-state index contributed by atoms with van der Waals surface area (Å²) in [5.74, 6) is -0.0518. The molecule has 0 aromatic carbocycles. The summed E-state index contributed by atoms with van der Waals surface area (Å²) in [6.45, 7) is 6.06. The van der Waals surface area contributed by atoms with Crippen molar-refractivity contribution in [3.05, 3.63) is 24.0 Å². The maximum atomic E-state index is 12.3. The number of hydrogen-bond acceptors (Lipinski definition) is 5. The number of amides is 1. The second kappa shape index (κ2) is 7.70. The SMILES string of the molecule is O=C(NC1CC1)c1cc(N2CCCO[C@@H](CN3CCCC3)C2)ccn1. The molecule has 0 radical (unpaired) electrons. The predicted molar refractivity (Wildman–Crippen MR) is 97.0 cm³/mol. The van der Waals surface area contributed by atoms with Gasteiger partial charge >= 0.3 is 0 Å². The molecule has 1 atom stereocenters. The van der Waals surface area contributed by atoms with Gasteiger partial charge in [-0.15, -0.1) is 0 Å². The Labute approximate surface area is 149 Å². The van der Waals surface area contributed by atoms with Crippen LogP contribution in [0.4, 0.5) is 5.69 Å². The molecule has 0 spiro atoms. The molecule has 1 saturated carbocycles. The van der Waals surface area contributed by atoms with Gasteiger partial charge in [0.05, 0.1) is 6.10 Å². The zero-order valence-electron chi connectivity index (χ0n) is 14.8. The molecule has 25 heavy (non-hydrogen) atoms. The van der Waals surface area contributed by atoms with Crippen LogP contribution in [0.25, 0.3) is 0 Å². The molecule has 1 aliphatic carbocycles. The van der Waals surface area contributed by atoms with Gasteiger partial charge in [0.2, 0.25) is 0 Å². The van der Waals surface area contributed by atoms with Gasteiger partial charge in [-0.05, 0) is 57.3 Å². The second-order valence-electron chi connectivity index (χ2n) is 7.45. The normalized spacial score (nSPS) is 25.0. The third-order valence-corrected chi connectivity index (χ3v) is 5.26. The number of anilines is 1. The first-order valence-electron chi connectivity index (χ1n) is 9.64. The minimum Gasteiger partial charge on any atom is -0.375 e. The Morgan fingerprint density at radius 3 is 2.88 bits per heavy atom. The molecule has 0 unspecified atom stereocenters. The number of carbonyl (C=O) groups excluding carboxylic acids is 1. The van der Waals surface area contributed by atoms with Crippen molar-refractivity contribution >= 4 is 11.6 Å². The van der Waals surface area contributed by atoms with E-state index >= 15 is 0 Å². The Hall–Kier alpha value is -1.66. The first-order valence-corrected chi connectivity index (χ1v) is 9.64. The average molecular weight is 344 g/mol. The summed E-state index contributed by atoms with van der Waals surface area (Å²) in [5.41, 5.74) is 1.60. The van der Waals surface area contributed by atoms with E-state index in [1.807, 2.05) is 12.1 Å². The van der Waals surface area contributed by atoms with Crippen molar-refractivity contribution in [1.29, 1.82) is 0 Å². The molecule has 4 rings (SSSR count). The number of hydrogen-bond donors (Lipinski definition) is 1. The minimum atomic E-state index is -0.0518. The minimum absolute atomic E-state index is 0.0518. The van der Waals surface area contributed by atoms with Crippen molar-refractivity contribution < 1.29 is 9.53 Å². The smallest absolute Gasteiger partial charge is 0.270 e. The third-order valence-electron chi connectivity index (χ3n) is 5.26. The van der Waals surface area contributed by atoms with Gasteiger partial charge < -0.3 is 19.9 Å². The first-order chi connectivity index (χ1) is 12.3. The van der Waals surface area contributed by atoms with Gasteiger partial charge in [-0.2, -0.15) is 0 Å². The topological polar surface area (TPSA) is 57.7 Å². The maximum absolute atomic E-state index is 12.3. The van der Waals surface area contributed by atoms with Crippen LogP contribution in [-0.2, 0) is 4.74 Å². The molecule has 1 amide bonds. The van der Waals surface area contributed by atoms with Crippen LogP contribution >= 0.6 is 0 Å². The fraction of sp³-hybridized carbons (Fsp3) is 0.684. The molecular weight excluding hydrogens is 316 g/mol. The summed E-state index contributed by atoms with van der Waals surface area (Å²) in [5, 5.41) is 3.02. The highest BCUT2D eigenvalue weighted by atomic mass is 16.5. The van der Waals surface area contributed by atoms with Crippen LogP contribution in [0, 0.1) is 0 Å². The summed E-state index contributed by atoms with van der Waals surface area (Å²) in [6, 6.07) is 4.29. The number of nitrogens with one attached hydrogen (secondary N) is 1. The molecule has 136 valence electrons. The molecule has 3 aliphatic rings. The molecule has 6 nitrogen and oxygen atoms in total. The number of carbonyl (C=O) groups is 1. The summed E-state index contributed by atoms with van der Waals surface area (Å²) in [6.07, 6.45) is 7.79. The van der Waals surface area contributed by atoms with Crippen LogP contribution in [0.3, 0.4) is 0 Å². The van der Waals surface area contributed by atoms with Crippen LogP contribution in [0.5, 0.6) is 0 Å². The molecule has 2 saturated heterocycles. The van der Waals surface area contributed by atoms with E-state index in [4.69, 9.17) is 4.74 Å². The zero-order chi connectivity index (χ0) is 17.1. The Morgan fingerprint density at radius 2 is 2.08 bits per heavy atom. The van der Waals surface area contributed by atoms with E-state index in [1.54, 1.807) is 6.20 Å². The number of nitrogens with zero attached hydrogens (tertiary/aromatic N) is 3. The first kappa shape index (κ1) is 16.8. The number of rotatable bonds is 5. The average Bonchev–Trinajstić information content (AvgIpc) is 3.35. The molecule has 1 N–H and O–H groups in total. The fourth-order valence-electron chi connectivity index (χ4n) is 3.72. The number of ether oxygens (including phenoxy) is 1. The largest absolute Gasteiger partial charge is 0.375 e. The van der Waals surface area contributed by atoms with Gasteiger partial charge in [-0.3, -0.25) is 9.78 Å². The number of aromatic nitrogens is 1. The van der Waals surface area contributed by atoms with Crippen molar-refractivity contribution in [2.24, 2.45) is 0 Å².